The molecule has 5 heteroatoms. The average molecular weight is 280 g/mol. The van der Waals surface area contributed by atoms with Gasteiger partial charge in [-0.05, 0) is 37.5 Å². The summed E-state index contributed by atoms with van der Waals surface area (Å²) in [6, 6.07) is 3.57. The lowest BCUT2D eigenvalue weighted by Crippen LogP contribution is -2.16. The highest BCUT2D eigenvalue weighted by Crippen LogP contribution is 2.40. The Morgan fingerprint density at radius 3 is 3.00 bits per heavy atom. The van der Waals surface area contributed by atoms with Crippen molar-refractivity contribution in [1.29, 1.82) is 0 Å². The van der Waals surface area contributed by atoms with Crippen LogP contribution in [0.5, 0.6) is 0 Å². The fourth-order valence-corrected chi connectivity index (χ4v) is 3.15. The molecule has 0 radical (unpaired) electrons. The number of aliphatic carboxylic acids is 1. The van der Waals surface area contributed by atoms with Crippen LogP contribution in [0.4, 0.5) is 0 Å². The van der Waals surface area contributed by atoms with Gasteiger partial charge in [-0.3, -0.25) is 4.79 Å². The number of carbonyl (C=O) groups is 1. The van der Waals surface area contributed by atoms with Gasteiger partial charge in [0, 0.05) is 10.9 Å². The second-order valence-corrected chi connectivity index (χ2v) is 5.54. The topological polar surface area (TPSA) is 63.3 Å². The third-order valence-corrected chi connectivity index (χ3v) is 4.03. The van der Waals surface area contributed by atoms with Crippen molar-refractivity contribution >= 4 is 28.7 Å². The predicted octanol–water partition coefficient (Wildman–Crippen LogP) is 3.76. The molecule has 19 heavy (non-hydrogen) atoms. The van der Waals surface area contributed by atoms with Crippen molar-refractivity contribution < 1.29 is 14.3 Å². The van der Waals surface area contributed by atoms with Crippen LogP contribution in [0.3, 0.4) is 0 Å². The number of hydrogen-bond acceptors (Lipinski definition) is 3. The lowest BCUT2D eigenvalue weighted by molar-refractivity contribution is -0.142. The van der Waals surface area contributed by atoms with Crippen LogP contribution in [0.2, 0.25) is 5.02 Å². The molecule has 0 saturated heterocycles. The van der Waals surface area contributed by atoms with Crippen LogP contribution in [0.1, 0.15) is 36.6 Å². The maximum atomic E-state index is 11.2. The number of aryl methyl sites for hydroxylation is 1. The third kappa shape index (κ3) is 2.10. The zero-order chi connectivity index (χ0) is 13.6. The van der Waals surface area contributed by atoms with Crippen LogP contribution in [0, 0.1) is 12.8 Å². The fourth-order valence-electron chi connectivity index (χ4n) is 2.88. The monoisotopic (exact) mass is 279 g/mol. The Kier molecular flexibility index (Phi) is 2.97. The molecule has 1 aromatic carbocycles. The second kappa shape index (κ2) is 4.53. The Labute approximate surface area is 115 Å². The molecule has 1 aromatic heterocycles. The summed E-state index contributed by atoms with van der Waals surface area (Å²) < 4.78 is 5.79. The van der Waals surface area contributed by atoms with E-state index in [0.717, 1.165) is 18.4 Å². The van der Waals surface area contributed by atoms with Gasteiger partial charge in [0.1, 0.15) is 5.52 Å². The second-order valence-electron chi connectivity index (χ2n) is 5.11. The highest BCUT2D eigenvalue weighted by Gasteiger charge is 2.37. The Morgan fingerprint density at radius 2 is 2.26 bits per heavy atom. The molecule has 100 valence electrons. The lowest BCUT2D eigenvalue weighted by atomic mass is 9.96. The molecule has 1 saturated carbocycles. The van der Waals surface area contributed by atoms with Crippen LogP contribution in [0.15, 0.2) is 16.5 Å². The molecule has 0 aliphatic heterocycles. The van der Waals surface area contributed by atoms with Gasteiger partial charge in [-0.25, -0.2) is 4.98 Å². The minimum absolute atomic E-state index is 0.122. The fraction of sp³-hybridized carbons (Fsp3) is 0.429. The average Bonchev–Trinajstić information content (AvgIpc) is 2.92. The molecule has 1 heterocycles. The predicted molar refractivity (Wildman–Crippen MR) is 71.5 cm³/mol. The van der Waals surface area contributed by atoms with Crippen LogP contribution in [0.25, 0.3) is 11.1 Å². The van der Waals surface area contributed by atoms with E-state index in [2.05, 4.69) is 4.98 Å². The summed E-state index contributed by atoms with van der Waals surface area (Å²) in [5.74, 6) is -0.739. The number of carboxylic acids is 1. The van der Waals surface area contributed by atoms with Gasteiger partial charge in [0.15, 0.2) is 11.5 Å². The molecule has 1 fully saturated rings. The number of carboxylic acid groups (broad SMARTS) is 1. The van der Waals surface area contributed by atoms with E-state index in [0.29, 0.717) is 28.4 Å². The van der Waals surface area contributed by atoms with Crippen molar-refractivity contribution in [3.63, 3.8) is 0 Å². The molecule has 1 aliphatic rings. The summed E-state index contributed by atoms with van der Waals surface area (Å²) in [6.07, 6.45) is 2.41. The summed E-state index contributed by atoms with van der Waals surface area (Å²) in [6.45, 7) is 1.91. The normalized spacial score (nSPS) is 23.1. The van der Waals surface area contributed by atoms with Gasteiger partial charge in [0.25, 0.3) is 0 Å². The van der Waals surface area contributed by atoms with Gasteiger partial charge in [0.05, 0.1) is 5.92 Å². The maximum absolute atomic E-state index is 11.2. The van der Waals surface area contributed by atoms with Crippen LogP contribution in [-0.2, 0) is 4.79 Å². The Hall–Kier alpha value is -1.55. The van der Waals surface area contributed by atoms with Crippen molar-refractivity contribution in [2.75, 3.05) is 0 Å². The number of nitrogens with zero attached hydrogens (tertiary/aromatic N) is 1. The van der Waals surface area contributed by atoms with Crippen molar-refractivity contribution in [3.8, 4) is 0 Å². The number of hydrogen-bond donors (Lipinski definition) is 1. The van der Waals surface area contributed by atoms with Crippen molar-refractivity contribution in [2.45, 2.75) is 32.1 Å². The Morgan fingerprint density at radius 1 is 1.47 bits per heavy atom. The Balaban J connectivity index is 2.06. The molecule has 1 aliphatic carbocycles. The van der Waals surface area contributed by atoms with Gasteiger partial charge in [-0.2, -0.15) is 0 Å². The standard InChI is InChI=1S/C14H14ClNO3/c1-7-5-8(15)6-11-12(7)19-13(16-11)9-3-2-4-10(9)14(17)18/h5-6,9-10H,2-4H2,1H3,(H,17,18). The highest BCUT2D eigenvalue weighted by molar-refractivity contribution is 6.31. The molecule has 2 atom stereocenters. The molecular weight excluding hydrogens is 266 g/mol. The molecule has 1 N–H and O–H groups in total. The van der Waals surface area contributed by atoms with E-state index < -0.39 is 5.97 Å². The van der Waals surface area contributed by atoms with Gasteiger partial charge >= 0.3 is 5.97 Å². The maximum Gasteiger partial charge on any atom is 0.307 e. The van der Waals surface area contributed by atoms with Gasteiger partial charge in [-0.15, -0.1) is 0 Å². The van der Waals surface area contributed by atoms with E-state index >= 15 is 0 Å². The van der Waals surface area contributed by atoms with Crippen LogP contribution >= 0.6 is 11.6 Å². The molecular formula is C14H14ClNO3. The number of benzene rings is 1. The zero-order valence-electron chi connectivity index (χ0n) is 10.5. The number of aromatic nitrogens is 1. The zero-order valence-corrected chi connectivity index (χ0v) is 11.3. The molecule has 3 rings (SSSR count). The number of rotatable bonds is 2. The molecule has 0 bridgehead atoms. The minimum atomic E-state index is -0.764. The summed E-state index contributed by atoms with van der Waals surface area (Å²) in [7, 11) is 0. The minimum Gasteiger partial charge on any atom is -0.481 e. The first-order valence-electron chi connectivity index (χ1n) is 6.35. The van der Waals surface area contributed by atoms with Crippen molar-refractivity contribution in [1.82, 2.24) is 4.98 Å². The largest absolute Gasteiger partial charge is 0.481 e. The van der Waals surface area contributed by atoms with Crippen molar-refractivity contribution in [3.05, 3.63) is 28.6 Å². The van der Waals surface area contributed by atoms with E-state index in [1.807, 2.05) is 13.0 Å². The number of oxazole rings is 1. The number of fused-ring (bicyclic) bond motifs is 1. The highest BCUT2D eigenvalue weighted by atomic mass is 35.5. The summed E-state index contributed by atoms with van der Waals surface area (Å²) in [5, 5.41) is 9.84. The first kappa shape index (κ1) is 12.5. The van der Waals surface area contributed by atoms with Gasteiger partial charge < -0.3 is 9.52 Å². The van der Waals surface area contributed by atoms with E-state index in [1.54, 1.807) is 6.07 Å². The van der Waals surface area contributed by atoms with E-state index in [4.69, 9.17) is 16.0 Å². The Bertz CT molecular complexity index is 649. The summed E-state index contributed by atoms with van der Waals surface area (Å²) in [4.78, 5) is 15.7. The lowest BCUT2D eigenvalue weighted by Gasteiger charge is -2.10. The van der Waals surface area contributed by atoms with Crippen LogP contribution in [-0.4, -0.2) is 16.1 Å². The van der Waals surface area contributed by atoms with E-state index in [9.17, 15) is 9.90 Å². The van der Waals surface area contributed by atoms with Crippen LogP contribution < -0.4 is 0 Å². The number of halogens is 1. The third-order valence-electron chi connectivity index (χ3n) is 3.81. The van der Waals surface area contributed by atoms with E-state index in [1.165, 1.54) is 0 Å². The van der Waals surface area contributed by atoms with Gasteiger partial charge in [0.2, 0.25) is 0 Å². The quantitative estimate of drug-likeness (QED) is 0.909. The smallest absolute Gasteiger partial charge is 0.307 e. The molecule has 4 nitrogen and oxygen atoms in total. The molecule has 2 unspecified atom stereocenters. The SMILES string of the molecule is Cc1cc(Cl)cc2nc(C3CCCC3C(=O)O)oc12. The first-order valence-corrected chi connectivity index (χ1v) is 6.73. The molecule has 0 spiro atoms. The van der Waals surface area contributed by atoms with E-state index in [-0.39, 0.29) is 11.8 Å². The first-order chi connectivity index (χ1) is 9.06. The molecule has 2 aromatic rings. The van der Waals surface area contributed by atoms with Crippen molar-refractivity contribution in [2.24, 2.45) is 5.92 Å². The summed E-state index contributed by atoms with van der Waals surface area (Å²) in [5.41, 5.74) is 2.33. The van der Waals surface area contributed by atoms with Gasteiger partial charge in [-0.1, -0.05) is 18.0 Å². The summed E-state index contributed by atoms with van der Waals surface area (Å²) >= 11 is 6.00. The molecule has 0 amide bonds.